The summed E-state index contributed by atoms with van der Waals surface area (Å²) < 4.78 is 0. The molecule has 0 aliphatic heterocycles. The number of rotatable bonds is 5. The van der Waals surface area contributed by atoms with Crippen LogP contribution in [0.1, 0.15) is 11.4 Å². The highest BCUT2D eigenvalue weighted by atomic mass is 15.3. The zero-order valence-electron chi connectivity index (χ0n) is 13.1. The standard InChI is InChI=1S/C14H21N7/c1-10-7-6-8-11(16-10)9-21(5)14-18-12(15-2)17-13(19-14)20(3)4/h6-8H,9H2,1-5H3,(H,15,17,18,19). The van der Waals surface area contributed by atoms with Gasteiger partial charge in [-0.05, 0) is 19.1 Å². The molecule has 7 heteroatoms. The van der Waals surface area contributed by atoms with Crippen LogP contribution in [0.5, 0.6) is 0 Å². The Labute approximate surface area is 125 Å². The molecule has 0 saturated carbocycles. The molecule has 0 amide bonds. The van der Waals surface area contributed by atoms with E-state index in [4.69, 9.17) is 0 Å². The summed E-state index contributed by atoms with van der Waals surface area (Å²) >= 11 is 0. The maximum atomic E-state index is 4.50. The Balaban J connectivity index is 2.25. The van der Waals surface area contributed by atoms with Crippen LogP contribution >= 0.6 is 0 Å². The molecule has 0 atom stereocenters. The lowest BCUT2D eigenvalue weighted by atomic mass is 10.3. The maximum absolute atomic E-state index is 4.50. The highest BCUT2D eigenvalue weighted by molar-refractivity contribution is 5.44. The third kappa shape index (κ3) is 3.77. The first-order valence-electron chi connectivity index (χ1n) is 6.74. The minimum atomic E-state index is 0.549. The Morgan fingerprint density at radius 1 is 1.00 bits per heavy atom. The second kappa shape index (κ2) is 6.34. The topological polar surface area (TPSA) is 70.1 Å². The minimum Gasteiger partial charge on any atom is -0.357 e. The van der Waals surface area contributed by atoms with Crippen molar-refractivity contribution in [3.05, 3.63) is 29.6 Å². The molecule has 0 spiro atoms. The van der Waals surface area contributed by atoms with Crippen molar-refractivity contribution in [2.24, 2.45) is 0 Å². The summed E-state index contributed by atoms with van der Waals surface area (Å²) in [7, 11) is 7.54. The number of nitrogens with one attached hydrogen (secondary N) is 1. The van der Waals surface area contributed by atoms with Crippen LogP contribution in [0.15, 0.2) is 18.2 Å². The summed E-state index contributed by atoms with van der Waals surface area (Å²) in [6.07, 6.45) is 0. The summed E-state index contributed by atoms with van der Waals surface area (Å²) in [5, 5.41) is 2.96. The van der Waals surface area contributed by atoms with E-state index in [1.54, 1.807) is 7.05 Å². The van der Waals surface area contributed by atoms with Gasteiger partial charge >= 0.3 is 0 Å². The van der Waals surface area contributed by atoms with Gasteiger partial charge in [-0.25, -0.2) is 0 Å². The third-order valence-corrected chi connectivity index (χ3v) is 2.92. The van der Waals surface area contributed by atoms with Gasteiger partial charge in [0.2, 0.25) is 17.8 Å². The molecule has 2 aromatic rings. The highest BCUT2D eigenvalue weighted by Gasteiger charge is 2.12. The van der Waals surface area contributed by atoms with Gasteiger partial charge in [0, 0.05) is 33.9 Å². The van der Waals surface area contributed by atoms with E-state index in [0.717, 1.165) is 11.4 Å². The van der Waals surface area contributed by atoms with Crippen molar-refractivity contribution in [3.8, 4) is 0 Å². The van der Waals surface area contributed by atoms with E-state index >= 15 is 0 Å². The van der Waals surface area contributed by atoms with E-state index in [2.05, 4.69) is 25.3 Å². The molecule has 2 heterocycles. The van der Waals surface area contributed by atoms with Gasteiger partial charge in [-0.3, -0.25) is 4.98 Å². The van der Waals surface area contributed by atoms with Gasteiger partial charge in [-0.2, -0.15) is 15.0 Å². The van der Waals surface area contributed by atoms with Gasteiger partial charge in [0.25, 0.3) is 0 Å². The quantitative estimate of drug-likeness (QED) is 0.889. The summed E-state index contributed by atoms with van der Waals surface area (Å²) in [6.45, 7) is 2.62. The summed E-state index contributed by atoms with van der Waals surface area (Å²) in [5.41, 5.74) is 1.98. The molecule has 2 rings (SSSR count). The van der Waals surface area contributed by atoms with Gasteiger partial charge in [-0.15, -0.1) is 0 Å². The first kappa shape index (κ1) is 15.0. The molecular weight excluding hydrogens is 266 g/mol. The molecule has 0 aliphatic rings. The second-order valence-corrected chi connectivity index (χ2v) is 5.03. The van der Waals surface area contributed by atoms with Crippen molar-refractivity contribution >= 4 is 17.8 Å². The fraction of sp³-hybridized carbons (Fsp3) is 0.429. The second-order valence-electron chi connectivity index (χ2n) is 5.03. The lowest BCUT2D eigenvalue weighted by Gasteiger charge is -2.19. The van der Waals surface area contributed by atoms with Gasteiger partial charge in [0.05, 0.1) is 12.2 Å². The zero-order valence-corrected chi connectivity index (χ0v) is 13.1. The fourth-order valence-electron chi connectivity index (χ4n) is 1.84. The van der Waals surface area contributed by atoms with Crippen LogP contribution in [0.3, 0.4) is 0 Å². The van der Waals surface area contributed by atoms with E-state index in [-0.39, 0.29) is 0 Å². The van der Waals surface area contributed by atoms with Crippen molar-refractivity contribution in [2.75, 3.05) is 43.3 Å². The minimum absolute atomic E-state index is 0.549. The normalized spacial score (nSPS) is 10.3. The van der Waals surface area contributed by atoms with Crippen molar-refractivity contribution in [1.82, 2.24) is 19.9 Å². The van der Waals surface area contributed by atoms with Crippen LogP contribution in [-0.2, 0) is 6.54 Å². The molecule has 2 aromatic heterocycles. The van der Waals surface area contributed by atoms with Gasteiger partial charge in [0.1, 0.15) is 0 Å². The van der Waals surface area contributed by atoms with Crippen LogP contribution in [0.4, 0.5) is 17.8 Å². The number of pyridine rings is 1. The Morgan fingerprint density at radius 3 is 2.33 bits per heavy atom. The van der Waals surface area contributed by atoms with E-state index in [9.17, 15) is 0 Å². The van der Waals surface area contributed by atoms with E-state index in [1.807, 2.05) is 56.1 Å². The lowest BCUT2D eigenvalue weighted by Crippen LogP contribution is -2.23. The van der Waals surface area contributed by atoms with Crippen LogP contribution in [0, 0.1) is 6.92 Å². The van der Waals surface area contributed by atoms with Gasteiger partial charge in [-0.1, -0.05) is 6.07 Å². The largest absolute Gasteiger partial charge is 0.357 e. The molecule has 7 nitrogen and oxygen atoms in total. The lowest BCUT2D eigenvalue weighted by molar-refractivity contribution is 0.821. The Morgan fingerprint density at radius 2 is 1.71 bits per heavy atom. The molecule has 21 heavy (non-hydrogen) atoms. The molecule has 0 bridgehead atoms. The van der Waals surface area contributed by atoms with E-state index < -0.39 is 0 Å². The fourth-order valence-corrected chi connectivity index (χ4v) is 1.84. The SMILES string of the molecule is CNc1nc(N(C)C)nc(N(C)Cc2cccc(C)n2)n1. The predicted molar refractivity (Wildman–Crippen MR) is 84.8 cm³/mol. The zero-order chi connectivity index (χ0) is 15.4. The van der Waals surface area contributed by atoms with Crippen LogP contribution < -0.4 is 15.1 Å². The molecule has 1 N–H and O–H groups in total. The Bertz CT molecular complexity index is 612. The average molecular weight is 287 g/mol. The smallest absolute Gasteiger partial charge is 0.232 e. The molecular formula is C14H21N7. The van der Waals surface area contributed by atoms with E-state index in [0.29, 0.717) is 24.4 Å². The summed E-state index contributed by atoms with van der Waals surface area (Å²) in [4.78, 5) is 21.5. The first-order chi connectivity index (χ1) is 9.99. The van der Waals surface area contributed by atoms with Crippen molar-refractivity contribution < 1.29 is 0 Å². The van der Waals surface area contributed by atoms with Crippen molar-refractivity contribution in [2.45, 2.75) is 13.5 Å². The molecule has 0 saturated heterocycles. The monoisotopic (exact) mass is 287 g/mol. The third-order valence-electron chi connectivity index (χ3n) is 2.92. The predicted octanol–water partition coefficient (Wildman–Crippen LogP) is 1.32. The molecule has 0 unspecified atom stereocenters. The molecule has 0 fully saturated rings. The molecule has 0 aromatic carbocycles. The number of hydrogen-bond acceptors (Lipinski definition) is 7. The highest BCUT2D eigenvalue weighted by Crippen LogP contribution is 2.15. The summed E-state index contributed by atoms with van der Waals surface area (Å²) in [6, 6.07) is 5.98. The van der Waals surface area contributed by atoms with Gasteiger partial charge in [0.15, 0.2) is 0 Å². The number of hydrogen-bond donors (Lipinski definition) is 1. The van der Waals surface area contributed by atoms with Crippen LogP contribution in [0.2, 0.25) is 0 Å². The van der Waals surface area contributed by atoms with Crippen molar-refractivity contribution in [3.63, 3.8) is 0 Å². The molecule has 0 aliphatic carbocycles. The number of nitrogens with zero attached hydrogens (tertiary/aromatic N) is 6. The number of anilines is 3. The first-order valence-corrected chi connectivity index (χ1v) is 6.74. The van der Waals surface area contributed by atoms with Crippen LogP contribution in [0.25, 0.3) is 0 Å². The molecule has 0 radical (unpaired) electrons. The van der Waals surface area contributed by atoms with Crippen molar-refractivity contribution in [1.29, 1.82) is 0 Å². The average Bonchev–Trinajstić information content (AvgIpc) is 2.46. The van der Waals surface area contributed by atoms with E-state index in [1.165, 1.54) is 0 Å². The van der Waals surface area contributed by atoms with Gasteiger partial charge < -0.3 is 15.1 Å². The molecule has 112 valence electrons. The Kier molecular flexibility index (Phi) is 4.52. The van der Waals surface area contributed by atoms with Crippen LogP contribution in [-0.4, -0.2) is 48.1 Å². The number of aromatic nitrogens is 4. The Hall–Kier alpha value is -2.44. The number of aryl methyl sites for hydroxylation is 1. The summed E-state index contributed by atoms with van der Waals surface area (Å²) in [5.74, 6) is 1.78. The maximum Gasteiger partial charge on any atom is 0.232 e.